The second-order valence-corrected chi connectivity index (χ2v) is 7.19. The molecule has 0 atom stereocenters. The van der Waals surface area contributed by atoms with Crippen LogP contribution in [0.4, 0.5) is 0 Å². The van der Waals surface area contributed by atoms with Crippen molar-refractivity contribution < 1.29 is 8.42 Å². The summed E-state index contributed by atoms with van der Waals surface area (Å²) in [5.74, 6) is 0. The van der Waals surface area contributed by atoms with Crippen LogP contribution in [-0.4, -0.2) is 43.2 Å². The standard InChI is InChI=1S/C13H26N2O2S/c1-5-15(11-12(2)3)18(16,17)14(4)13-9-7-6-8-10-13/h13H,2,5-11H2,1,3-4H3. The molecule has 0 N–H and O–H groups in total. The van der Waals surface area contributed by atoms with Crippen LogP contribution < -0.4 is 0 Å². The zero-order valence-electron chi connectivity index (χ0n) is 11.9. The van der Waals surface area contributed by atoms with E-state index < -0.39 is 10.2 Å². The van der Waals surface area contributed by atoms with Crippen LogP contribution in [0.2, 0.25) is 0 Å². The van der Waals surface area contributed by atoms with Gasteiger partial charge in [-0.05, 0) is 19.8 Å². The van der Waals surface area contributed by atoms with Crippen LogP contribution in [0.15, 0.2) is 12.2 Å². The molecule has 0 spiro atoms. The second kappa shape index (κ2) is 6.68. The van der Waals surface area contributed by atoms with Gasteiger partial charge in [0, 0.05) is 26.2 Å². The summed E-state index contributed by atoms with van der Waals surface area (Å²) < 4.78 is 28.1. The van der Waals surface area contributed by atoms with Gasteiger partial charge < -0.3 is 0 Å². The predicted molar refractivity (Wildman–Crippen MR) is 75.6 cm³/mol. The van der Waals surface area contributed by atoms with Gasteiger partial charge in [-0.3, -0.25) is 0 Å². The zero-order chi connectivity index (χ0) is 13.8. The molecule has 0 bridgehead atoms. The number of hydrogen-bond acceptors (Lipinski definition) is 2. The first-order chi connectivity index (χ1) is 8.39. The Kier molecular flexibility index (Phi) is 5.82. The highest BCUT2D eigenvalue weighted by Crippen LogP contribution is 2.24. The minimum atomic E-state index is -3.34. The SMILES string of the molecule is C=C(C)CN(CC)S(=O)(=O)N(C)C1CCCCC1. The van der Waals surface area contributed by atoms with Gasteiger partial charge >= 0.3 is 0 Å². The van der Waals surface area contributed by atoms with E-state index in [0.717, 1.165) is 31.3 Å². The molecular formula is C13H26N2O2S. The third-order valence-electron chi connectivity index (χ3n) is 3.58. The fourth-order valence-corrected chi connectivity index (χ4v) is 4.13. The fraction of sp³-hybridized carbons (Fsp3) is 0.846. The molecule has 106 valence electrons. The van der Waals surface area contributed by atoms with Crippen molar-refractivity contribution in [1.82, 2.24) is 8.61 Å². The van der Waals surface area contributed by atoms with Gasteiger partial charge in [-0.15, -0.1) is 0 Å². The number of hydrogen-bond donors (Lipinski definition) is 0. The van der Waals surface area contributed by atoms with E-state index in [1.54, 1.807) is 11.4 Å². The van der Waals surface area contributed by atoms with Crippen LogP contribution in [0.3, 0.4) is 0 Å². The van der Waals surface area contributed by atoms with E-state index in [1.165, 1.54) is 10.7 Å². The molecule has 0 amide bonds. The molecule has 4 nitrogen and oxygen atoms in total. The van der Waals surface area contributed by atoms with E-state index in [4.69, 9.17) is 0 Å². The summed E-state index contributed by atoms with van der Waals surface area (Å²) in [4.78, 5) is 0. The molecule has 0 radical (unpaired) electrons. The third-order valence-corrected chi connectivity index (χ3v) is 5.64. The quantitative estimate of drug-likeness (QED) is 0.698. The Labute approximate surface area is 112 Å². The van der Waals surface area contributed by atoms with Gasteiger partial charge in [0.25, 0.3) is 10.2 Å². The van der Waals surface area contributed by atoms with Crippen LogP contribution in [-0.2, 0) is 10.2 Å². The number of rotatable bonds is 6. The maximum absolute atomic E-state index is 12.5. The topological polar surface area (TPSA) is 40.6 Å². The Morgan fingerprint density at radius 1 is 1.28 bits per heavy atom. The van der Waals surface area contributed by atoms with Gasteiger partial charge in [-0.2, -0.15) is 17.0 Å². The van der Waals surface area contributed by atoms with Crippen molar-refractivity contribution in [3.63, 3.8) is 0 Å². The van der Waals surface area contributed by atoms with Crippen LogP contribution in [0.25, 0.3) is 0 Å². The Balaban J connectivity index is 2.78. The molecule has 0 aliphatic heterocycles. The minimum Gasteiger partial charge on any atom is -0.195 e. The molecule has 0 aromatic heterocycles. The lowest BCUT2D eigenvalue weighted by Gasteiger charge is -2.34. The molecule has 1 rings (SSSR count). The maximum Gasteiger partial charge on any atom is 0.282 e. The van der Waals surface area contributed by atoms with Crippen LogP contribution in [0.5, 0.6) is 0 Å². The largest absolute Gasteiger partial charge is 0.282 e. The molecule has 5 heteroatoms. The van der Waals surface area contributed by atoms with Crippen molar-refractivity contribution in [3.05, 3.63) is 12.2 Å². The molecule has 0 saturated heterocycles. The summed E-state index contributed by atoms with van der Waals surface area (Å²) in [6.07, 6.45) is 5.47. The second-order valence-electron chi connectivity index (χ2n) is 5.20. The van der Waals surface area contributed by atoms with E-state index >= 15 is 0 Å². The first-order valence-electron chi connectivity index (χ1n) is 6.77. The first-order valence-corrected chi connectivity index (χ1v) is 8.16. The van der Waals surface area contributed by atoms with E-state index in [-0.39, 0.29) is 6.04 Å². The molecule has 0 aromatic carbocycles. The lowest BCUT2D eigenvalue weighted by Crippen LogP contribution is -2.47. The van der Waals surface area contributed by atoms with Gasteiger partial charge in [-0.1, -0.05) is 38.3 Å². The monoisotopic (exact) mass is 274 g/mol. The molecular weight excluding hydrogens is 248 g/mol. The number of likely N-dealkylation sites (N-methyl/N-ethyl adjacent to an activating group) is 1. The normalized spacial score (nSPS) is 18.5. The van der Waals surface area contributed by atoms with E-state index in [2.05, 4.69) is 6.58 Å². The third kappa shape index (κ3) is 3.80. The van der Waals surface area contributed by atoms with Gasteiger partial charge in [0.1, 0.15) is 0 Å². The smallest absolute Gasteiger partial charge is 0.195 e. The lowest BCUT2D eigenvalue weighted by atomic mass is 9.96. The Hall–Kier alpha value is -0.390. The van der Waals surface area contributed by atoms with Crippen molar-refractivity contribution >= 4 is 10.2 Å². The lowest BCUT2D eigenvalue weighted by molar-refractivity contribution is 0.266. The van der Waals surface area contributed by atoms with Gasteiger partial charge in [0.2, 0.25) is 0 Å². The number of nitrogens with zero attached hydrogens (tertiary/aromatic N) is 2. The Morgan fingerprint density at radius 3 is 2.28 bits per heavy atom. The van der Waals surface area contributed by atoms with E-state index in [9.17, 15) is 8.42 Å². The highest BCUT2D eigenvalue weighted by molar-refractivity contribution is 7.86. The summed E-state index contributed by atoms with van der Waals surface area (Å²) in [5.41, 5.74) is 0.873. The predicted octanol–water partition coefficient (Wildman–Crippen LogP) is 2.39. The minimum absolute atomic E-state index is 0.169. The molecule has 1 fully saturated rings. The van der Waals surface area contributed by atoms with Gasteiger partial charge in [0.05, 0.1) is 0 Å². The van der Waals surface area contributed by atoms with Gasteiger partial charge in [0.15, 0.2) is 0 Å². The average Bonchev–Trinajstić information content (AvgIpc) is 2.35. The molecule has 1 saturated carbocycles. The van der Waals surface area contributed by atoms with Crippen molar-refractivity contribution in [3.8, 4) is 0 Å². The van der Waals surface area contributed by atoms with E-state index in [0.29, 0.717) is 13.1 Å². The summed E-state index contributed by atoms with van der Waals surface area (Å²) in [5, 5.41) is 0. The summed E-state index contributed by atoms with van der Waals surface area (Å²) >= 11 is 0. The maximum atomic E-state index is 12.5. The van der Waals surface area contributed by atoms with Crippen molar-refractivity contribution in [2.24, 2.45) is 0 Å². The molecule has 1 aliphatic rings. The van der Waals surface area contributed by atoms with Crippen LogP contribution in [0.1, 0.15) is 46.0 Å². The van der Waals surface area contributed by atoms with Crippen LogP contribution >= 0.6 is 0 Å². The zero-order valence-corrected chi connectivity index (χ0v) is 12.7. The van der Waals surface area contributed by atoms with Crippen molar-refractivity contribution in [2.45, 2.75) is 52.0 Å². The Bertz CT molecular complexity index is 372. The Morgan fingerprint density at radius 2 is 1.83 bits per heavy atom. The van der Waals surface area contributed by atoms with E-state index in [1.807, 2.05) is 13.8 Å². The summed E-state index contributed by atoms with van der Waals surface area (Å²) in [6.45, 7) is 8.44. The summed E-state index contributed by atoms with van der Waals surface area (Å²) in [6, 6.07) is 0.169. The van der Waals surface area contributed by atoms with Crippen molar-refractivity contribution in [2.75, 3.05) is 20.1 Å². The molecule has 0 aromatic rings. The highest BCUT2D eigenvalue weighted by Gasteiger charge is 2.31. The fourth-order valence-electron chi connectivity index (χ4n) is 2.47. The average molecular weight is 274 g/mol. The van der Waals surface area contributed by atoms with Gasteiger partial charge in [-0.25, -0.2) is 0 Å². The molecule has 0 unspecified atom stereocenters. The molecule has 18 heavy (non-hydrogen) atoms. The molecule has 0 heterocycles. The highest BCUT2D eigenvalue weighted by atomic mass is 32.2. The van der Waals surface area contributed by atoms with Crippen molar-refractivity contribution in [1.29, 1.82) is 0 Å². The summed E-state index contributed by atoms with van der Waals surface area (Å²) in [7, 11) is -1.63. The molecule has 1 aliphatic carbocycles. The first kappa shape index (κ1) is 15.7. The van der Waals surface area contributed by atoms with Crippen LogP contribution in [0, 0.1) is 0 Å².